The molecule has 1 aliphatic rings. The molecule has 1 amide bonds. The molecule has 0 radical (unpaired) electrons. The smallest absolute Gasteiger partial charge is 0.281 e. The van der Waals surface area contributed by atoms with Crippen molar-refractivity contribution in [1.29, 1.82) is 0 Å². The number of benzene rings is 3. The van der Waals surface area contributed by atoms with Crippen molar-refractivity contribution in [2.45, 2.75) is 50.1 Å². The quantitative estimate of drug-likeness (QED) is 0.217. The molecule has 0 bridgehead atoms. The lowest BCUT2D eigenvalue weighted by Crippen LogP contribution is -2.51. The highest BCUT2D eigenvalue weighted by Crippen LogP contribution is 2.52. The molecule has 0 saturated carbocycles. The van der Waals surface area contributed by atoms with Crippen molar-refractivity contribution in [3.63, 3.8) is 0 Å². The molecular weight excluding hydrogens is 542 g/mol. The van der Waals surface area contributed by atoms with E-state index in [9.17, 15) is 18.0 Å². The fraction of sp³-hybridized carbons (Fsp3) is 0.333. The molecule has 1 unspecified atom stereocenters. The fourth-order valence-corrected chi connectivity index (χ4v) is 6.07. The number of amides is 1. The van der Waals surface area contributed by atoms with Gasteiger partial charge in [-0.2, -0.15) is 5.10 Å². The molecule has 212 valence electrons. The van der Waals surface area contributed by atoms with E-state index in [0.717, 1.165) is 53.2 Å². The highest BCUT2D eigenvalue weighted by atomic mass is 32.2. The fourth-order valence-electron chi connectivity index (χ4n) is 4.65. The Kier molecular flexibility index (Phi) is 9.02. The summed E-state index contributed by atoms with van der Waals surface area (Å²) in [5.41, 5.74) is -1.75. The summed E-state index contributed by atoms with van der Waals surface area (Å²) in [5, 5.41) is 9.12. The number of rotatable bonds is 10. The first-order valence-electron chi connectivity index (χ1n) is 12.9. The maximum Gasteiger partial charge on any atom is 0.281 e. The first kappa shape index (κ1) is 29.8. The molecule has 1 N–H and O–H groups in total. The van der Waals surface area contributed by atoms with Crippen LogP contribution in [0.3, 0.4) is 0 Å². The van der Waals surface area contributed by atoms with Crippen LogP contribution in [-0.4, -0.2) is 35.7 Å². The summed E-state index contributed by atoms with van der Waals surface area (Å²) in [6, 6.07) is 15.1. The number of thioether (sulfide) groups is 1. The average Bonchev–Trinajstić information content (AvgIpc) is 3.33. The summed E-state index contributed by atoms with van der Waals surface area (Å²) in [7, 11) is 1.22. The van der Waals surface area contributed by atoms with Crippen LogP contribution in [0.2, 0.25) is 0 Å². The minimum Gasteiger partial charge on any atom is -0.364 e. The third kappa shape index (κ3) is 5.80. The molecule has 0 saturated heterocycles. The summed E-state index contributed by atoms with van der Waals surface area (Å²) in [6.07, 6.45) is 0.929. The van der Waals surface area contributed by atoms with Gasteiger partial charge >= 0.3 is 0 Å². The van der Waals surface area contributed by atoms with Gasteiger partial charge in [-0.15, -0.1) is 0 Å². The lowest BCUT2D eigenvalue weighted by Gasteiger charge is -2.40. The monoisotopic (exact) mass is 573 g/mol. The van der Waals surface area contributed by atoms with Crippen LogP contribution in [0.15, 0.2) is 71.8 Å². The number of hydrogen-bond donors (Lipinski definition) is 1. The molecule has 40 heavy (non-hydrogen) atoms. The van der Waals surface area contributed by atoms with Crippen LogP contribution in [0.4, 0.5) is 17.6 Å². The van der Waals surface area contributed by atoms with Crippen molar-refractivity contribution in [1.82, 2.24) is 10.3 Å². The van der Waals surface area contributed by atoms with Crippen molar-refractivity contribution in [2.24, 2.45) is 5.10 Å². The number of carbonyl (C=O) groups excluding carboxylic acids is 1. The SMILES string of the molecule is CO[C@](C)(C(=O)N1N=C(c2cc(F)ccc2F)SC1(CCCNC(C)C)c1ccccc1)c1cc(F)ccc1F. The zero-order chi connectivity index (χ0) is 29.1. The Balaban J connectivity index is 1.90. The molecular formula is C30H31F4N3O2S. The number of methoxy groups -OCH3 is 1. The Morgan fingerprint density at radius 2 is 1.68 bits per heavy atom. The predicted molar refractivity (Wildman–Crippen MR) is 149 cm³/mol. The van der Waals surface area contributed by atoms with Crippen LogP contribution in [0.25, 0.3) is 0 Å². The van der Waals surface area contributed by atoms with Gasteiger partial charge in [-0.3, -0.25) is 4.79 Å². The molecule has 1 heterocycles. The lowest BCUT2D eigenvalue weighted by molar-refractivity contribution is -0.158. The second kappa shape index (κ2) is 12.1. The summed E-state index contributed by atoms with van der Waals surface area (Å²) in [5.74, 6) is -3.75. The van der Waals surface area contributed by atoms with Gasteiger partial charge in [0.25, 0.3) is 5.91 Å². The molecule has 5 nitrogen and oxygen atoms in total. The summed E-state index contributed by atoms with van der Waals surface area (Å²) >= 11 is 1.11. The van der Waals surface area contributed by atoms with E-state index in [2.05, 4.69) is 10.4 Å². The van der Waals surface area contributed by atoms with Gasteiger partial charge in [-0.25, -0.2) is 22.6 Å². The number of carbonyl (C=O) groups is 1. The van der Waals surface area contributed by atoms with Crippen LogP contribution in [0, 0.1) is 23.3 Å². The van der Waals surface area contributed by atoms with Crippen molar-refractivity contribution >= 4 is 22.7 Å². The van der Waals surface area contributed by atoms with Crippen molar-refractivity contribution < 1.29 is 27.1 Å². The van der Waals surface area contributed by atoms with E-state index >= 15 is 4.39 Å². The third-order valence-corrected chi connectivity index (χ3v) is 8.32. The van der Waals surface area contributed by atoms with Crippen LogP contribution in [-0.2, 0) is 20.0 Å². The third-order valence-electron chi connectivity index (χ3n) is 6.88. The van der Waals surface area contributed by atoms with E-state index in [1.807, 2.05) is 32.0 Å². The van der Waals surface area contributed by atoms with E-state index in [1.165, 1.54) is 14.0 Å². The maximum absolute atomic E-state index is 15.0. The number of nitrogens with zero attached hydrogens (tertiary/aromatic N) is 2. The van der Waals surface area contributed by atoms with Crippen LogP contribution < -0.4 is 5.32 Å². The summed E-state index contributed by atoms with van der Waals surface area (Å²) in [4.78, 5) is 13.2. The van der Waals surface area contributed by atoms with Crippen molar-refractivity contribution in [3.8, 4) is 0 Å². The predicted octanol–water partition coefficient (Wildman–Crippen LogP) is 6.67. The topological polar surface area (TPSA) is 53.9 Å². The molecule has 1 aliphatic heterocycles. The van der Waals surface area contributed by atoms with E-state index in [4.69, 9.17) is 4.74 Å². The Labute approximate surface area is 235 Å². The Morgan fingerprint density at radius 3 is 2.33 bits per heavy atom. The Morgan fingerprint density at radius 1 is 1.02 bits per heavy atom. The number of hydrazone groups is 1. The molecule has 3 aromatic carbocycles. The highest BCUT2D eigenvalue weighted by Gasteiger charge is 2.54. The molecule has 0 fully saturated rings. The second-order valence-electron chi connectivity index (χ2n) is 9.97. The highest BCUT2D eigenvalue weighted by molar-refractivity contribution is 8.15. The largest absolute Gasteiger partial charge is 0.364 e. The molecule has 4 rings (SSSR count). The zero-order valence-corrected chi connectivity index (χ0v) is 23.5. The second-order valence-corrected chi connectivity index (χ2v) is 11.2. The van der Waals surface area contributed by atoms with Crippen molar-refractivity contribution in [3.05, 3.63) is 107 Å². The van der Waals surface area contributed by atoms with E-state index in [1.54, 1.807) is 12.1 Å². The van der Waals surface area contributed by atoms with Crippen LogP contribution >= 0.6 is 11.8 Å². The van der Waals surface area contributed by atoms with Gasteiger partial charge in [0.2, 0.25) is 0 Å². The molecule has 3 aromatic rings. The zero-order valence-electron chi connectivity index (χ0n) is 22.7. The molecule has 10 heteroatoms. The van der Waals surface area contributed by atoms with Gasteiger partial charge in [-0.1, -0.05) is 55.9 Å². The van der Waals surface area contributed by atoms with Gasteiger partial charge < -0.3 is 10.1 Å². The standard InChI is InChI=1S/C30H31F4N3O2S/c1-19(2)35-16-8-15-30(20-9-6-5-7-10-20)37(36-27(40-30)23-17-21(31)11-13-25(23)33)28(38)29(3,39-4)24-18-22(32)12-14-26(24)34/h5-7,9-14,17-19,35H,8,15-16H2,1-4H3/t29-,30?/m0/s1. The van der Waals surface area contributed by atoms with Crippen molar-refractivity contribution in [2.75, 3.05) is 13.7 Å². The minimum absolute atomic E-state index is 0.0733. The van der Waals surface area contributed by atoms with Crippen LogP contribution in [0.1, 0.15) is 50.3 Å². The Hall–Kier alpha value is -3.21. The number of ether oxygens (including phenoxy) is 1. The van der Waals surface area contributed by atoms with Gasteiger partial charge in [-0.05, 0) is 68.3 Å². The Bertz CT molecular complexity index is 1400. The minimum atomic E-state index is -2.00. The van der Waals surface area contributed by atoms with Gasteiger partial charge in [0.15, 0.2) is 5.60 Å². The first-order chi connectivity index (χ1) is 19.0. The van der Waals surface area contributed by atoms with Crippen LogP contribution in [0.5, 0.6) is 0 Å². The molecule has 0 spiro atoms. The number of nitrogens with one attached hydrogen (secondary N) is 1. The first-order valence-corrected chi connectivity index (χ1v) is 13.7. The summed E-state index contributed by atoms with van der Waals surface area (Å²) in [6.45, 7) is 5.97. The van der Waals surface area contributed by atoms with Gasteiger partial charge in [0, 0.05) is 24.3 Å². The normalized spacial score (nSPS) is 18.6. The molecule has 0 aromatic heterocycles. The summed E-state index contributed by atoms with van der Waals surface area (Å²) < 4.78 is 64.0. The molecule has 2 atom stereocenters. The van der Waals surface area contributed by atoms with E-state index in [-0.39, 0.29) is 22.2 Å². The average molecular weight is 574 g/mol. The number of hydrogen-bond acceptors (Lipinski definition) is 5. The maximum atomic E-state index is 15.0. The lowest BCUT2D eigenvalue weighted by atomic mass is 9.91. The van der Waals surface area contributed by atoms with Gasteiger partial charge in [0.1, 0.15) is 33.2 Å². The van der Waals surface area contributed by atoms with E-state index < -0.39 is 39.6 Å². The molecule has 0 aliphatic carbocycles. The number of halogens is 4. The van der Waals surface area contributed by atoms with E-state index in [0.29, 0.717) is 24.9 Å². The van der Waals surface area contributed by atoms with Gasteiger partial charge in [0.05, 0.1) is 0 Å².